The number of benzene rings is 1. The summed E-state index contributed by atoms with van der Waals surface area (Å²) in [5.41, 5.74) is 3.31. The van der Waals surface area contributed by atoms with Crippen molar-refractivity contribution in [3.8, 4) is 5.75 Å². The monoisotopic (exact) mass is 195 g/mol. The van der Waals surface area contributed by atoms with Gasteiger partial charge in [-0.2, -0.15) is 0 Å². The summed E-state index contributed by atoms with van der Waals surface area (Å²) in [6.45, 7) is 1.94. The first-order valence-electron chi connectivity index (χ1n) is 4.23. The van der Waals surface area contributed by atoms with Crippen LogP contribution in [0.4, 0.5) is 0 Å². The van der Waals surface area contributed by atoms with Crippen LogP contribution in [-0.2, 0) is 9.63 Å². The molecule has 76 valence electrons. The van der Waals surface area contributed by atoms with Gasteiger partial charge in [0.05, 0.1) is 7.11 Å². The molecule has 0 aliphatic heterocycles. The predicted molar refractivity (Wildman–Crippen MR) is 51.8 cm³/mol. The van der Waals surface area contributed by atoms with E-state index in [1.54, 1.807) is 0 Å². The van der Waals surface area contributed by atoms with Crippen molar-refractivity contribution in [3.63, 3.8) is 0 Å². The zero-order chi connectivity index (χ0) is 10.4. The third-order valence-corrected chi connectivity index (χ3v) is 1.61. The van der Waals surface area contributed by atoms with Crippen molar-refractivity contribution in [3.05, 3.63) is 29.8 Å². The van der Waals surface area contributed by atoms with E-state index < -0.39 is 0 Å². The molecule has 0 unspecified atom stereocenters. The van der Waals surface area contributed by atoms with Gasteiger partial charge in [0, 0.05) is 0 Å². The molecule has 0 saturated heterocycles. The minimum absolute atomic E-state index is 0.0447. The number of hydrogen-bond acceptors (Lipinski definition) is 3. The first-order valence-corrected chi connectivity index (χ1v) is 4.23. The van der Waals surface area contributed by atoms with Crippen molar-refractivity contribution in [2.45, 2.75) is 6.92 Å². The molecule has 1 aromatic rings. The Balaban J connectivity index is 2.38. The van der Waals surface area contributed by atoms with Gasteiger partial charge in [-0.3, -0.25) is 9.63 Å². The molecule has 0 spiro atoms. The van der Waals surface area contributed by atoms with Gasteiger partial charge in [0.15, 0.2) is 6.61 Å². The van der Waals surface area contributed by atoms with Gasteiger partial charge in [-0.25, -0.2) is 5.48 Å². The molecule has 0 fully saturated rings. The summed E-state index contributed by atoms with van der Waals surface area (Å²) in [5, 5.41) is 0. The molecule has 0 radical (unpaired) electrons. The highest BCUT2D eigenvalue weighted by Gasteiger charge is 2.00. The van der Waals surface area contributed by atoms with E-state index in [0.29, 0.717) is 5.75 Å². The van der Waals surface area contributed by atoms with Crippen LogP contribution in [0, 0.1) is 6.92 Å². The predicted octanol–water partition coefficient (Wildman–Crippen LogP) is 1.05. The molecule has 1 rings (SSSR count). The van der Waals surface area contributed by atoms with Crippen LogP contribution >= 0.6 is 0 Å². The lowest BCUT2D eigenvalue weighted by molar-refractivity contribution is -0.133. The standard InChI is InChI=1S/C10H13NO3/c1-8-3-5-9(6-4-8)14-7-10(12)11-13-2/h3-6H,7H2,1-2H3,(H,11,12). The molecule has 0 saturated carbocycles. The Kier molecular flexibility index (Phi) is 3.94. The van der Waals surface area contributed by atoms with E-state index in [9.17, 15) is 4.79 Å². The Bertz CT molecular complexity index is 295. The summed E-state index contributed by atoms with van der Waals surface area (Å²) in [7, 11) is 1.38. The fourth-order valence-corrected chi connectivity index (χ4v) is 0.927. The molecule has 1 aromatic carbocycles. The molecule has 1 N–H and O–H groups in total. The van der Waals surface area contributed by atoms with E-state index in [1.807, 2.05) is 31.2 Å². The fraction of sp³-hybridized carbons (Fsp3) is 0.300. The Labute approximate surface area is 82.8 Å². The molecule has 1 amide bonds. The van der Waals surface area contributed by atoms with Crippen molar-refractivity contribution in [2.24, 2.45) is 0 Å². The zero-order valence-corrected chi connectivity index (χ0v) is 8.24. The van der Waals surface area contributed by atoms with Gasteiger partial charge < -0.3 is 4.74 Å². The Morgan fingerprint density at radius 3 is 2.57 bits per heavy atom. The Morgan fingerprint density at radius 1 is 1.36 bits per heavy atom. The van der Waals surface area contributed by atoms with Crippen LogP contribution in [0.1, 0.15) is 5.56 Å². The van der Waals surface area contributed by atoms with Crippen LogP contribution in [0.5, 0.6) is 5.75 Å². The van der Waals surface area contributed by atoms with Gasteiger partial charge in [0.1, 0.15) is 5.75 Å². The van der Waals surface area contributed by atoms with Crippen LogP contribution in [0.25, 0.3) is 0 Å². The lowest BCUT2D eigenvalue weighted by atomic mass is 10.2. The lowest BCUT2D eigenvalue weighted by Gasteiger charge is -2.05. The van der Waals surface area contributed by atoms with Crippen LogP contribution in [-0.4, -0.2) is 19.6 Å². The number of rotatable bonds is 4. The second kappa shape index (κ2) is 5.24. The average Bonchev–Trinajstić information content (AvgIpc) is 2.17. The number of amides is 1. The number of nitrogens with one attached hydrogen (secondary N) is 1. The van der Waals surface area contributed by atoms with Crippen molar-refractivity contribution < 1.29 is 14.4 Å². The van der Waals surface area contributed by atoms with Gasteiger partial charge >= 0.3 is 0 Å². The van der Waals surface area contributed by atoms with Crippen LogP contribution < -0.4 is 10.2 Å². The smallest absolute Gasteiger partial charge is 0.281 e. The van der Waals surface area contributed by atoms with E-state index in [2.05, 4.69) is 10.3 Å². The Morgan fingerprint density at radius 2 is 2.00 bits per heavy atom. The largest absolute Gasteiger partial charge is 0.484 e. The summed E-state index contributed by atoms with van der Waals surface area (Å²) in [4.78, 5) is 15.4. The van der Waals surface area contributed by atoms with Crippen LogP contribution in [0.15, 0.2) is 24.3 Å². The molecule has 4 heteroatoms. The minimum Gasteiger partial charge on any atom is -0.484 e. The SMILES string of the molecule is CONC(=O)COc1ccc(C)cc1. The van der Waals surface area contributed by atoms with Crippen molar-refractivity contribution in [1.82, 2.24) is 5.48 Å². The molecule has 14 heavy (non-hydrogen) atoms. The summed E-state index contributed by atoms with van der Waals surface area (Å²) in [6.07, 6.45) is 0. The maximum absolute atomic E-state index is 10.9. The molecule has 0 aliphatic carbocycles. The first-order chi connectivity index (χ1) is 6.72. The highest BCUT2D eigenvalue weighted by atomic mass is 16.6. The van der Waals surface area contributed by atoms with Gasteiger partial charge in [-0.15, -0.1) is 0 Å². The van der Waals surface area contributed by atoms with E-state index in [0.717, 1.165) is 5.56 Å². The normalized spacial score (nSPS) is 9.57. The quantitative estimate of drug-likeness (QED) is 0.730. The second-order valence-corrected chi connectivity index (χ2v) is 2.83. The van der Waals surface area contributed by atoms with Crippen LogP contribution in [0.3, 0.4) is 0 Å². The second-order valence-electron chi connectivity index (χ2n) is 2.83. The maximum atomic E-state index is 10.9. The van der Waals surface area contributed by atoms with E-state index in [-0.39, 0.29) is 12.5 Å². The third kappa shape index (κ3) is 3.45. The average molecular weight is 195 g/mol. The number of carbonyl (C=O) groups is 1. The minimum atomic E-state index is -0.312. The summed E-state index contributed by atoms with van der Waals surface area (Å²) >= 11 is 0. The zero-order valence-electron chi connectivity index (χ0n) is 8.24. The third-order valence-electron chi connectivity index (χ3n) is 1.61. The molecular weight excluding hydrogens is 182 g/mol. The molecule has 0 bridgehead atoms. The van der Waals surface area contributed by atoms with Crippen molar-refractivity contribution in [2.75, 3.05) is 13.7 Å². The fourth-order valence-electron chi connectivity index (χ4n) is 0.927. The summed E-state index contributed by atoms with van der Waals surface area (Å²) < 4.78 is 5.18. The van der Waals surface area contributed by atoms with E-state index in [4.69, 9.17) is 4.74 Å². The highest BCUT2D eigenvalue weighted by molar-refractivity contribution is 5.76. The summed E-state index contributed by atoms with van der Waals surface area (Å²) in [6, 6.07) is 7.47. The molecule has 0 atom stereocenters. The van der Waals surface area contributed by atoms with Gasteiger partial charge in [-0.05, 0) is 19.1 Å². The number of hydrogen-bond donors (Lipinski definition) is 1. The van der Waals surface area contributed by atoms with Gasteiger partial charge in [0.25, 0.3) is 5.91 Å². The lowest BCUT2D eigenvalue weighted by Crippen LogP contribution is -2.27. The van der Waals surface area contributed by atoms with Crippen molar-refractivity contribution in [1.29, 1.82) is 0 Å². The maximum Gasteiger partial charge on any atom is 0.281 e. The van der Waals surface area contributed by atoms with Gasteiger partial charge in [0.2, 0.25) is 0 Å². The number of ether oxygens (including phenoxy) is 1. The molecule has 0 aliphatic rings. The molecular formula is C10H13NO3. The number of carbonyl (C=O) groups excluding carboxylic acids is 1. The molecule has 0 aromatic heterocycles. The number of aryl methyl sites for hydroxylation is 1. The Hall–Kier alpha value is -1.55. The topological polar surface area (TPSA) is 47.6 Å². The molecule has 0 heterocycles. The summed E-state index contributed by atoms with van der Waals surface area (Å²) in [5.74, 6) is 0.356. The van der Waals surface area contributed by atoms with E-state index in [1.165, 1.54) is 7.11 Å². The van der Waals surface area contributed by atoms with E-state index >= 15 is 0 Å². The first kappa shape index (κ1) is 10.5. The van der Waals surface area contributed by atoms with Crippen LogP contribution in [0.2, 0.25) is 0 Å². The van der Waals surface area contributed by atoms with Crippen molar-refractivity contribution >= 4 is 5.91 Å². The van der Waals surface area contributed by atoms with Gasteiger partial charge in [-0.1, -0.05) is 17.7 Å². The highest BCUT2D eigenvalue weighted by Crippen LogP contribution is 2.10. The molecule has 4 nitrogen and oxygen atoms in total. The number of hydroxylamine groups is 1.